The first kappa shape index (κ1) is 23.3. The number of carbonyl (C=O) groups excluding carboxylic acids is 1. The summed E-state index contributed by atoms with van der Waals surface area (Å²) in [5, 5.41) is 0. The van der Waals surface area contributed by atoms with E-state index in [0.717, 1.165) is 37.9 Å². The molecule has 1 aliphatic heterocycles. The zero-order valence-corrected chi connectivity index (χ0v) is 19.4. The van der Waals surface area contributed by atoms with Gasteiger partial charge in [0.25, 0.3) is 0 Å². The highest BCUT2D eigenvalue weighted by atomic mass is 32.2. The SMILES string of the molecule is COc1ccc(S(=O)(=O)N(C)C)cc1CCC(=O)N1CCC(Cc2ccccc2)CC1. The van der Waals surface area contributed by atoms with Gasteiger partial charge in [-0.1, -0.05) is 30.3 Å². The van der Waals surface area contributed by atoms with Crippen LogP contribution >= 0.6 is 0 Å². The summed E-state index contributed by atoms with van der Waals surface area (Å²) in [6.45, 7) is 1.56. The standard InChI is InChI=1S/C24H32N2O4S/c1-25(2)31(28,29)22-10-11-23(30-3)21(18-22)9-12-24(27)26-15-13-20(14-16-26)17-19-7-5-4-6-8-19/h4-8,10-11,18,20H,9,12-17H2,1-3H3. The second-order valence-corrected chi connectivity index (χ2v) is 10.4. The van der Waals surface area contributed by atoms with Crippen LogP contribution in [0.2, 0.25) is 0 Å². The molecule has 0 aliphatic carbocycles. The molecule has 0 atom stereocenters. The zero-order valence-electron chi connectivity index (χ0n) is 18.6. The molecule has 3 rings (SSSR count). The summed E-state index contributed by atoms with van der Waals surface area (Å²) < 4.78 is 31.5. The van der Waals surface area contributed by atoms with Gasteiger partial charge < -0.3 is 9.64 Å². The molecule has 2 aromatic carbocycles. The third kappa shape index (κ3) is 5.86. The number of amides is 1. The average Bonchev–Trinajstić information content (AvgIpc) is 2.78. The fraction of sp³-hybridized carbons (Fsp3) is 0.458. The highest BCUT2D eigenvalue weighted by Gasteiger charge is 2.24. The summed E-state index contributed by atoms with van der Waals surface area (Å²) in [4.78, 5) is 14.9. The summed E-state index contributed by atoms with van der Waals surface area (Å²) in [6, 6.07) is 15.3. The van der Waals surface area contributed by atoms with Gasteiger partial charge in [-0.2, -0.15) is 0 Å². The summed E-state index contributed by atoms with van der Waals surface area (Å²) in [7, 11) is 1.03. The van der Waals surface area contributed by atoms with E-state index in [4.69, 9.17) is 4.74 Å². The molecule has 1 saturated heterocycles. The van der Waals surface area contributed by atoms with Gasteiger partial charge in [-0.15, -0.1) is 0 Å². The van der Waals surface area contributed by atoms with Gasteiger partial charge in [0.1, 0.15) is 5.75 Å². The number of likely N-dealkylation sites (tertiary alicyclic amines) is 1. The first-order valence-corrected chi connectivity index (χ1v) is 12.2. The lowest BCUT2D eigenvalue weighted by atomic mass is 9.90. The van der Waals surface area contributed by atoms with Crippen molar-refractivity contribution in [1.29, 1.82) is 0 Å². The maximum absolute atomic E-state index is 12.8. The minimum absolute atomic E-state index is 0.112. The number of aryl methyl sites for hydroxylation is 1. The Balaban J connectivity index is 1.57. The molecule has 0 radical (unpaired) electrons. The number of piperidine rings is 1. The van der Waals surface area contributed by atoms with E-state index in [1.165, 1.54) is 30.0 Å². The second kappa shape index (κ2) is 10.3. The maximum Gasteiger partial charge on any atom is 0.242 e. The fourth-order valence-corrected chi connectivity index (χ4v) is 5.01. The van der Waals surface area contributed by atoms with Crippen molar-refractivity contribution in [2.24, 2.45) is 5.92 Å². The van der Waals surface area contributed by atoms with E-state index in [-0.39, 0.29) is 10.8 Å². The Bertz CT molecular complexity index is 982. The number of sulfonamides is 1. The number of hydrogen-bond acceptors (Lipinski definition) is 4. The van der Waals surface area contributed by atoms with Gasteiger partial charge in [0, 0.05) is 33.6 Å². The van der Waals surface area contributed by atoms with Crippen LogP contribution in [0, 0.1) is 5.92 Å². The maximum atomic E-state index is 12.8. The van der Waals surface area contributed by atoms with E-state index in [0.29, 0.717) is 24.5 Å². The smallest absolute Gasteiger partial charge is 0.242 e. The molecule has 1 amide bonds. The van der Waals surface area contributed by atoms with E-state index in [1.807, 2.05) is 11.0 Å². The first-order valence-electron chi connectivity index (χ1n) is 10.7. The van der Waals surface area contributed by atoms with Gasteiger partial charge in [0.2, 0.25) is 15.9 Å². The van der Waals surface area contributed by atoms with Crippen molar-refractivity contribution in [3.8, 4) is 5.75 Å². The number of benzene rings is 2. The molecule has 31 heavy (non-hydrogen) atoms. The van der Waals surface area contributed by atoms with Crippen molar-refractivity contribution >= 4 is 15.9 Å². The highest BCUT2D eigenvalue weighted by molar-refractivity contribution is 7.89. The number of ether oxygens (including phenoxy) is 1. The van der Waals surface area contributed by atoms with Crippen LogP contribution < -0.4 is 4.74 Å². The Kier molecular flexibility index (Phi) is 7.73. The predicted octanol–water partition coefficient (Wildman–Crippen LogP) is 3.36. The van der Waals surface area contributed by atoms with E-state index in [9.17, 15) is 13.2 Å². The van der Waals surface area contributed by atoms with Crippen LogP contribution in [0.3, 0.4) is 0 Å². The summed E-state index contributed by atoms with van der Waals surface area (Å²) >= 11 is 0. The molecule has 1 aliphatic rings. The third-order valence-electron chi connectivity index (χ3n) is 5.97. The Hall–Kier alpha value is -2.38. The van der Waals surface area contributed by atoms with Crippen molar-refractivity contribution in [2.45, 2.75) is 37.0 Å². The quantitative estimate of drug-likeness (QED) is 0.626. The lowest BCUT2D eigenvalue weighted by Gasteiger charge is -2.32. The number of methoxy groups -OCH3 is 1. The average molecular weight is 445 g/mol. The highest BCUT2D eigenvalue weighted by Crippen LogP contribution is 2.26. The minimum Gasteiger partial charge on any atom is -0.496 e. The minimum atomic E-state index is -3.53. The fourth-order valence-electron chi connectivity index (χ4n) is 4.06. The van der Waals surface area contributed by atoms with Crippen molar-refractivity contribution in [3.63, 3.8) is 0 Å². The van der Waals surface area contributed by atoms with Gasteiger partial charge in [0.05, 0.1) is 12.0 Å². The van der Waals surface area contributed by atoms with E-state index < -0.39 is 10.0 Å². The molecule has 6 nitrogen and oxygen atoms in total. The van der Waals surface area contributed by atoms with E-state index in [1.54, 1.807) is 19.2 Å². The molecule has 7 heteroatoms. The van der Waals surface area contributed by atoms with Crippen LogP contribution in [0.1, 0.15) is 30.4 Å². The summed E-state index contributed by atoms with van der Waals surface area (Å²) in [6.07, 6.45) is 3.88. The summed E-state index contributed by atoms with van der Waals surface area (Å²) in [5.41, 5.74) is 2.09. The summed E-state index contributed by atoms with van der Waals surface area (Å²) in [5.74, 6) is 1.33. The molecule has 0 saturated carbocycles. The van der Waals surface area contributed by atoms with Crippen LogP contribution in [0.25, 0.3) is 0 Å². The zero-order chi connectivity index (χ0) is 22.4. The Morgan fingerprint density at radius 3 is 2.39 bits per heavy atom. The van der Waals surface area contributed by atoms with Gasteiger partial charge in [-0.3, -0.25) is 4.79 Å². The molecule has 168 valence electrons. The number of hydrogen-bond donors (Lipinski definition) is 0. The van der Waals surface area contributed by atoms with Crippen LogP contribution in [0.5, 0.6) is 5.75 Å². The van der Waals surface area contributed by atoms with Gasteiger partial charge in [0.15, 0.2) is 0 Å². The number of nitrogens with zero attached hydrogens (tertiary/aromatic N) is 2. The lowest BCUT2D eigenvalue weighted by molar-refractivity contribution is -0.132. The van der Waals surface area contributed by atoms with Crippen molar-refractivity contribution in [1.82, 2.24) is 9.21 Å². The third-order valence-corrected chi connectivity index (χ3v) is 7.78. The van der Waals surface area contributed by atoms with Crippen LogP contribution in [0.4, 0.5) is 0 Å². The van der Waals surface area contributed by atoms with E-state index >= 15 is 0 Å². The van der Waals surface area contributed by atoms with Crippen LogP contribution in [-0.4, -0.2) is 57.8 Å². The van der Waals surface area contributed by atoms with Gasteiger partial charge in [-0.25, -0.2) is 12.7 Å². The normalized spacial score (nSPS) is 15.3. The van der Waals surface area contributed by atoms with Crippen LogP contribution in [0.15, 0.2) is 53.4 Å². The van der Waals surface area contributed by atoms with Crippen molar-refractivity contribution < 1.29 is 17.9 Å². The molecular weight excluding hydrogens is 412 g/mol. The molecule has 0 spiro atoms. The topological polar surface area (TPSA) is 66.9 Å². The molecule has 1 fully saturated rings. The Morgan fingerprint density at radius 1 is 1.10 bits per heavy atom. The Labute approximate surface area is 185 Å². The molecule has 2 aromatic rings. The number of carbonyl (C=O) groups is 1. The lowest BCUT2D eigenvalue weighted by Crippen LogP contribution is -2.39. The number of rotatable bonds is 8. The second-order valence-electron chi connectivity index (χ2n) is 8.27. The van der Waals surface area contributed by atoms with Crippen LogP contribution in [-0.2, 0) is 27.7 Å². The van der Waals surface area contributed by atoms with E-state index in [2.05, 4.69) is 24.3 Å². The molecule has 0 aromatic heterocycles. The molecule has 1 heterocycles. The van der Waals surface area contributed by atoms with Crippen molar-refractivity contribution in [3.05, 3.63) is 59.7 Å². The van der Waals surface area contributed by atoms with Crippen molar-refractivity contribution in [2.75, 3.05) is 34.3 Å². The molecule has 0 N–H and O–H groups in total. The van der Waals surface area contributed by atoms with Gasteiger partial charge in [-0.05, 0) is 60.9 Å². The van der Waals surface area contributed by atoms with Gasteiger partial charge >= 0.3 is 0 Å². The molecular formula is C24H32N2O4S. The largest absolute Gasteiger partial charge is 0.496 e. The molecule has 0 unspecified atom stereocenters. The first-order chi connectivity index (χ1) is 14.8. The predicted molar refractivity (Wildman–Crippen MR) is 122 cm³/mol. The monoisotopic (exact) mass is 444 g/mol. The molecule has 0 bridgehead atoms. The Morgan fingerprint density at radius 2 is 1.77 bits per heavy atom.